The Balaban J connectivity index is 2.15. The molecular weight excluding hydrogens is 230 g/mol. The molecule has 0 bridgehead atoms. The molecule has 7 nitrogen and oxygen atoms in total. The van der Waals surface area contributed by atoms with Gasteiger partial charge in [0.1, 0.15) is 12.7 Å². The Morgan fingerprint density at radius 2 is 1.50 bits per heavy atom. The lowest BCUT2D eigenvalue weighted by atomic mass is 10.4. The first-order chi connectivity index (χ1) is 8.74. The molecule has 0 atom stereocenters. The Hall–Kier alpha value is -2.44. The van der Waals surface area contributed by atoms with Crippen LogP contribution in [-0.2, 0) is 12.8 Å². The van der Waals surface area contributed by atoms with Crippen molar-refractivity contribution in [1.82, 2.24) is 29.7 Å². The largest absolute Gasteiger partial charge is 0.217 e. The van der Waals surface area contributed by atoms with E-state index in [0.717, 1.165) is 0 Å². The van der Waals surface area contributed by atoms with Crippen molar-refractivity contribution < 1.29 is 0 Å². The summed E-state index contributed by atoms with van der Waals surface area (Å²) >= 11 is 0. The Morgan fingerprint density at radius 3 is 1.89 bits per heavy atom. The number of rotatable bonds is 6. The topological polar surface area (TPSA) is 64.7 Å². The molecule has 0 aromatic carbocycles. The molecule has 2 heterocycles. The summed E-state index contributed by atoms with van der Waals surface area (Å²) in [5, 5.41) is 10.3. The van der Waals surface area contributed by atoms with Crippen LogP contribution < -0.4 is 5.12 Å². The zero-order valence-electron chi connectivity index (χ0n) is 10.3. The molecule has 0 aliphatic rings. The van der Waals surface area contributed by atoms with E-state index in [0.29, 0.717) is 24.5 Å². The second-order valence-electron chi connectivity index (χ2n) is 3.64. The van der Waals surface area contributed by atoms with Crippen LogP contribution in [-0.4, -0.2) is 36.8 Å². The number of aromatic nitrogens is 6. The van der Waals surface area contributed by atoms with Crippen LogP contribution in [0.5, 0.6) is 0 Å². The van der Waals surface area contributed by atoms with Crippen molar-refractivity contribution in [3.8, 4) is 0 Å². The molecule has 0 aliphatic carbocycles. The van der Waals surface area contributed by atoms with Crippen molar-refractivity contribution in [2.45, 2.75) is 12.8 Å². The van der Waals surface area contributed by atoms with Gasteiger partial charge in [0, 0.05) is 19.9 Å². The Kier molecular flexibility index (Phi) is 3.52. The van der Waals surface area contributed by atoms with Crippen molar-refractivity contribution in [3.05, 3.63) is 49.6 Å². The summed E-state index contributed by atoms with van der Waals surface area (Å²) < 4.78 is 0. The molecule has 0 N–H and O–H groups in total. The summed E-state index contributed by atoms with van der Waals surface area (Å²) in [6.07, 6.45) is 8.04. The van der Waals surface area contributed by atoms with Gasteiger partial charge in [0.15, 0.2) is 11.6 Å². The monoisotopic (exact) mass is 245 g/mol. The van der Waals surface area contributed by atoms with Crippen molar-refractivity contribution in [2.75, 3.05) is 12.2 Å². The third kappa shape index (κ3) is 2.45. The molecule has 18 heavy (non-hydrogen) atoms. The first-order valence-corrected chi connectivity index (χ1v) is 5.51. The van der Waals surface area contributed by atoms with Gasteiger partial charge in [-0.05, 0) is 0 Å². The van der Waals surface area contributed by atoms with E-state index < -0.39 is 0 Å². The van der Waals surface area contributed by atoms with Gasteiger partial charge in [-0.3, -0.25) is 0 Å². The average molecular weight is 245 g/mol. The summed E-state index contributed by atoms with van der Waals surface area (Å²) in [5.74, 6) is 1.42. The van der Waals surface area contributed by atoms with Crippen LogP contribution in [0.2, 0.25) is 0 Å². The molecule has 0 unspecified atom stereocenters. The highest BCUT2D eigenvalue weighted by Gasteiger charge is 2.07. The van der Waals surface area contributed by atoms with Crippen LogP contribution in [0.25, 0.3) is 0 Å². The molecule has 2 aromatic heterocycles. The van der Waals surface area contributed by atoms with Crippen LogP contribution in [0.15, 0.2) is 38.0 Å². The zero-order chi connectivity index (χ0) is 13.0. The number of nitrogens with zero attached hydrogens (tertiary/aromatic N) is 7. The highest BCUT2D eigenvalue weighted by Crippen LogP contribution is 1.96. The third-order valence-electron chi connectivity index (χ3n) is 2.30. The molecule has 0 aliphatic heterocycles. The summed E-state index contributed by atoms with van der Waals surface area (Å²) in [6.45, 7) is 7.30. The maximum Gasteiger partial charge on any atom is 0.156 e. The Morgan fingerprint density at radius 1 is 1.06 bits per heavy atom. The van der Waals surface area contributed by atoms with E-state index in [-0.39, 0.29) is 0 Å². The van der Waals surface area contributed by atoms with Gasteiger partial charge in [-0.1, -0.05) is 12.2 Å². The molecule has 94 valence electrons. The molecule has 0 saturated heterocycles. The Bertz CT molecular complexity index is 491. The van der Waals surface area contributed by atoms with Gasteiger partial charge < -0.3 is 0 Å². The van der Waals surface area contributed by atoms with E-state index in [9.17, 15) is 0 Å². The van der Waals surface area contributed by atoms with Gasteiger partial charge in [-0.25, -0.2) is 9.97 Å². The normalized spacial score (nSPS) is 10.3. The molecular formula is C11H15N7. The molecule has 0 fully saturated rings. The minimum atomic E-state index is 0.639. The van der Waals surface area contributed by atoms with Crippen LogP contribution in [0, 0.1) is 0 Å². The van der Waals surface area contributed by atoms with Crippen molar-refractivity contribution in [2.24, 2.45) is 0 Å². The summed E-state index contributed by atoms with van der Waals surface area (Å²) in [5.41, 5.74) is 0. The van der Waals surface area contributed by atoms with E-state index in [1.54, 1.807) is 39.5 Å². The fourth-order valence-corrected chi connectivity index (χ4v) is 1.39. The van der Waals surface area contributed by atoms with Crippen molar-refractivity contribution >= 4 is 0 Å². The first kappa shape index (κ1) is 12.0. The van der Waals surface area contributed by atoms with Gasteiger partial charge in [0.2, 0.25) is 0 Å². The van der Waals surface area contributed by atoms with Crippen LogP contribution in [0.3, 0.4) is 0 Å². The summed E-state index contributed by atoms with van der Waals surface area (Å²) in [7, 11) is 1.82. The van der Waals surface area contributed by atoms with E-state index >= 15 is 0 Å². The second kappa shape index (κ2) is 5.26. The Labute approximate surface area is 105 Å². The molecule has 2 rings (SSSR count). The van der Waals surface area contributed by atoms with E-state index in [1.807, 2.05) is 7.05 Å². The standard InChI is InChI=1S/C11H15N7/c1-4-6-10-12-8-17(14-10)16(3)18-9-13-11(15-18)7-5-2/h4-5,8-9H,1-2,6-7H2,3H3. The molecule has 0 saturated carbocycles. The molecule has 7 heteroatoms. The van der Waals surface area contributed by atoms with E-state index in [1.165, 1.54) is 0 Å². The minimum Gasteiger partial charge on any atom is -0.217 e. The van der Waals surface area contributed by atoms with Crippen LogP contribution in [0.4, 0.5) is 0 Å². The maximum atomic E-state index is 4.28. The van der Waals surface area contributed by atoms with Gasteiger partial charge in [0.05, 0.1) is 0 Å². The first-order valence-electron chi connectivity index (χ1n) is 5.51. The molecule has 0 amide bonds. The van der Waals surface area contributed by atoms with Crippen LogP contribution >= 0.6 is 0 Å². The van der Waals surface area contributed by atoms with Gasteiger partial charge in [0.25, 0.3) is 0 Å². The minimum absolute atomic E-state index is 0.639. The van der Waals surface area contributed by atoms with Crippen LogP contribution in [0.1, 0.15) is 11.6 Å². The van der Waals surface area contributed by atoms with Crippen molar-refractivity contribution in [3.63, 3.8) is 0 Å². The third-order valence-corrected chi connectivity index (χ3v) is 2.30. The zero-order valence-corrected chi connectivity index (χ0v) is 10.3. The predicted molar refractivity (Wildman–Crippen MR) is 67.4 cm³/mol. The highest BCUT2D eigenvalue weighted by atomic mass is 15.9. The SMILES string of the molecule is C=CCc1ncn(N(C)n2cnc(CC=C)n2)n1. The average Bonchev–Trinajstić information content (AvgIpc) is 2.98. The summed E-state index contributed by atoms with van der Waals surface area (Å²) in [4.78, 5) is 11.5. The van der Waals surface area contributed by atoms with Crippen molar-refractivity contribution in [1.29, 1.82) is 0 Å². The number of hydrogen-bond donors (Lipinski definition) is 0. The lowest BCUT2D eigenvalue weighted by Crippen LogP contribution is -2.36. The fourth-order valence-electron chi connectivity index (χ4n) is 1.39. The van der Waals surface area contributed by atoms with E-state index in [2.05, 4.69) is 33.3 Å². The van der Waals surface area contributed by atoms with Gasteiger partial charge in [-0.2, -0.15) is 5.12 Å². The highest BCUT2D eigenvalue weighted by molar-refractivity contribution is 4.94. The second-order valence-corrected chi connectivity index (χ2v) is 3.64. The smallest absolute Gasteiger partial charge is 0.156 e. The number of hydrogen-bond acceptors (Lipinski definition) is 5. The summed E-state index contributed by atoms with van der Waals surface area (Å²) in [6, 6.07) is 0. The number of allylic oxidation sites excluding steroid dienone is 2. The fraction of sp³-hybridized carbons (Fsp3) is 0.273. The molecule has 0 spiro atoms. The van der Waals surface area contributed by atoms with E-state index in [4.69, 9.17) is 0 Å². The van der Waals surface area contributed by atoms with Gasteiger partial charge in [-0.15, -0.1) is 32.9 Å². The molecule has 0 radical (unpaired) electrons. The van der Waals surface area contributed by atoms with Gasteiger partial charge >= 0.3 is 0 Å². The lowest BCUT2D eigenvalue weighted by Gasteiger charge is -2.16. The quantitative estimate of drug-likeness (QED) is 0.687. The molecule has 2 aromatic rings. The predicted octanol–water partition coefficient (Wildman–Crippen LogP) is 0.358. The lowest BCUT2D eigenvalue weighted by molar-refractivity contribution is 0.467. The maximum absolute atomic E-state index is 4.28.